The summed E-state index contributed by atoms with van der Waals surface area (Å²) in [5.41, 5.74) is -0.00320. The highest BCUT2D eigenvalue weighted by atomic mass is 32.2. The van der Waals surface area contributed by atoms with Gasteiger partial charge in [-0.15, -0.1) is 11.8 Å². The molecule has 1 saturated heterocycles. The molecule has 108 valence electrons. The third-order valence-electron chi connectivity index (χ3n) is 3.16. The summed E-state index contributed by atoms with van der Waals surface area (Å²) < 4.78 is 0. The average molecular weight is 296 g/mol. The maximum atomic E-state index is 12.5. The van der Waals surface area contributed by atoms with Crippen molar-refractivity contribution in [2.45, 2.75) is 25.3 Å². The largest absolute Gasteiger partial charge is 0.480 e. The molecule has 1 aliphatic heterocycles. The van der Waals surface area contributed by atoms with E-state index in [4.69, 9.17) is 0 Å². The highest BCUT2D eigenvalue weighted by molar-refractivity contribution is 8.00. The summed E-state index contributed by atoms with van der Waals surface area (Å²) in [6.07, 6.45) is 1.32. The topological polar surface area (TPSA) is 90.5 Å². The van der Waals surface area contributed by atoms with Crippen molar-refractivity contribution in [3.8, 4) is 0 Å². The van der Waals surface area contributed by atoms with Gasteiger partial charge in [-0.2, -0.15) is 0 Å². The molecule has 20 heavy (non-hydrogen) atoms. The van der Waals surface area contributed by atoms with E-state index in [0.717, 1.165) is 0 Å². The molecule has 6 nitrogen and oxygen atoms in total. The van der Waals surface area contributed by atoms with Crippen LogP contribution in [-0.2, 0) is 4.79 Å². The van der Waals surface area contributed by atoms with Crippen molar-refractivity contribution in [2.24, 2.45) is 5.92 Å². The van der Waals surface area contributed by atoms with Crippen LogP contribution in [0.1, 0.15) is 24.2 Å². The van der Waals surface area contributed by atoms with Gasteiger partial charge in [0, 0.05) is 18.0 Å². The van der Waals surface area contributed by atoms with Crippen LogP contribution in [0.3, 0.4) is 0 Å². The minimum absolute atomic E-state index is 0.149. The summed E-state index contributed by atoms with van der Waals surface area (Å²) in [5, 5.41) is 9.09. The first-order chi connectivity index (χ1) is 9.41. The number of hydrogen-bond acceptors (Lipinski definition) is 4. The molecule has 0 radical (unpaired) electrons. The van der Waals surface area contributed by atoms with Gasteiger partial charge >= 0.3 is 5.97 Å². The van der Waals surface area contributed by atoms with Gasteiger partial charge in [-0.25, -0.2) is 4.79 Å². The Labute approximate surface area is 120 Å². The second-order valence-corrected chi connectivity index (χ2v) is 6.13. The van der Waals surface area contributed by atoms with E-state index in [2.05, 4.69) is 4.98 Å². The van der Waals surface area contributed by atoms with Crippen LogP contribution in [-0.4, -0.2) is 44.0 Å². The number of nitrogens with zero attached hydrogens (tertiary/aromatic N) is 1. The quantitative estimate of drug-likeness (QED) is 0.868. The van der Waals surface area contributed by atoms with E-state index < -0.39 is 12.0 Å². The van der Waals surface area contributed by atoms with Crippen molar-refractivity contribution in [3.05, 3.63) is 34.2 Å². The Kier molecular flexibility index (Phi) is 4.17. The van der Waals surface area contributed by atoms with Gasteiger partial charge in [0.05, 0.1) is 10.9 Å². The zero-order chi connectivity index (χ0) is 14.9. The van der Waals surface area contributed by atoms with Crippen LogP contribution >= 0.6 is 11.8 Å². The van der Waals surface area contributed by atoms with Crippen molar-refractivity contribution in [3.63, 3.8) is 0 Å². The zero-order valence-corrected chi connectivity index (χ0v) is 12.0. The van der Waals surface area contributed by atoms with Crippen LogP contribution in [0.2, 0.25) is 0 Å². The molecule has 1 amide bonds. The maximum absolute atomic E-state index is 12.5. The van der Waals surface area contributed by atoms with Crippen LogP contribution in [0, 0.1) is 5.92 Å². The van der Waals surface area contributed by atoms with Gasteiger partial charge < -0.3 is 15.0 Å². The lowest BCUT2D eigenvalue weighted by Crippen LogP contribution is -2.47. The standard InChI is InChI=1S/C13H16N2O4S/c1-7(2)12-15(9(6-20-12)13(18)19)11(17)8-3-4-10(16)14-5-8/h3-5,7,9,12H,6H2,1-2H3,(H,14,16)(H,18,19). The second-order valence-electron chi connectivity index (χ2n) is 4.98. The Hall–Kier alpha value is -1.76. The summed E-state index contributed by atoms with van der Waals surface area (Å²) in [7, 11) is 0. The van der Waals surface area contributed by atoms with Crippen molar-refractivity contribution in [1.29, 1.82) is 0 Å². The lowest BCUT2D eigenvalue weighted by molar-refractivity contribution is -0.141. The molecule has 2 heterocycles. The summed E-state index contributed by atoms with van der Waals surface area (Å²) in [6.45, 7) is 3.91. The number of aromatic amines is 1. The maximum Gasteiger partial charge on any atom is 0.327 e. The van der Waals surface area contributed by atoms with E-state index in [1.807, 2.05) is 13.8 Å². The van der Waals surface area contributed by atoms with Gasteiger partial charge in [-0.1, -0.05) is 13.8 Å². The minimum atomic E-state index is -1.00. The third-order valence-corrected chi connectivity index (χ3v) is 4.78. The fourth-order valence-corrected chi connectivity index (χ4v) is 3.65. The summed E-state index contributed by atoms with van der Waals surface area (Å²) >= 11 is 1.47. The fourth-order valence-electron chi connectivity index (χ4n) is 2.18. The van der Waals surface area contributed by atoms with Crippen LogP contribution in [0.5, 0.6) is 0 Å². The first-order valence-corrected chi connectivity index (χ1v) is 7.32. The summed E-state index contributed by atoms with van der Waals surface area (Å²) in [6, 6.07) is 1.85. The molecule has 2 atom stereocenters. The number of aromatic nitrogens is 1. The Morgan fingerprint density at radius 1 is 1.45 bits per heavy atom. The van der Waals surface area contributed by atoms with E-state index in [0.29, 0.717) is 11.3 Å². The Bertz CT molecular complexity index is 563. The molecular weight excluding hydrogens is 280 g/mol. The van der Waals surface area contributed by atoms with E-state index in [1.54, 1.807) is 0 Å². The number of amides is 1. The summed E-state index contributed by atoms with van der Waals surface area (Å²) in [5.74, 6) is -0.834. The van der Waals surface area contributed by atoms with Gasteiger partial charge in [-0.05, 0) is 12.0 Å². The molecule has 0 aliphatic carbocycles. The van der Waals surface area contributed by atoms with E-state index in [-0.39, 0.29) is 22.8 Å². The Morgan fingerprint density at radius 3 is 2.65 bits per heavy atom. The van der Waals surface area contributed by atoms with Gasteiger partial charge in [0.25, 0.3) is 5.91 Å². The van der Waals surface area contributed by atoms with Gasteiger partial charge in [0.2, 0.25) is 5.56 Å². The normalized spacial score (nSPS) is 22.2. The van der Waals surface area contributed by atoms with Crippen molar-refractivity contribution in [1.82, 2.24) is 9.88 Å². The van der Waals surface area contributed by atoms with Crippen LogP contribution in [0.25, 0.3) is 0 Å². The van der Waals surface area contributed by atoms with E-state index in [1.165, 1.54) is 35.0 Å². The number of thioether (sulfide) groups is 1. The number of nitrogens with one attached hydrogen (secondary N) is 1. The number of rotatable bonds is 3. The highest BCUT2D eigenvalue weighted by Crippen LogP contribution is 2.35. The number of carboxylic acids is 1. The molecule has 2 rings (SSSR count). The number of hydrogen-bond donors (Lipinski definition) is 2. The monoisotopic (exact) mass is 296 g/mol. The van der Waals surface area contributed by atoms with Crippen LogP contribution in [0.15, 0.2) is 23.1 Å². The number of carbonyl (C=O) groups excluding carboxylic acids is 1. The third kappa shape index (κ3) is 2.72. The Morgan fingerprint density at radius 2 is 2.15 bits per heavy atom. The molecule has 1 aliphatic rings. The molecule has 1 aromatic rings. The van der Waals surface area contributed by atoms with Gasteiger partial charge in [-0.3, -0.25) is 9.59 Å². The number of carboxylic acid groups (broad SMARTS) is 1. The number of carbonyl (C=O) groups is 2. The SMILES string of the molecule is CC(C)C1SCC(C(=O)O)N1C(=O)c1ccc(=O)[nH]c1. The molecule has 1 aromatic heterocycles. The number of H-pyrrole nitrogens is 1. The Balaban J connectivity index is 2.34. The van der Waals surface area contributed by atoms with Crippen LogP contribution in [0.4, 0.5) is 0 Å². The molecular formula is C13H16N2O4S. The fraction of sp³-hybridized carbons (Fsp3) is 0.462. The molecule has 1 fully saturated rings. The first-order valence-electron chi connectivity index (χ1n) is 6.27. The van der Waals surface area contributed by atoms with Crippen LogP contribution < -0.4 is 5.56 Å². The molecule has 2 N–H and O–H groups in total. The molecule has 2 unspecified atom stereocenters. The molecule has 0 bridgehead atoms. The summed E-state index contributed by atoms with van der Waals surface area (Å²) in [4.78, 5) is 38.7. The second kappa shape index (κ2) is 5.70. The van der Waals surface area contributed by atoms with E-state index >= 15 is 0 Å². The molecule has 7 heteroatoms. The molecule has 0 aromatic carbocycles. The smallest absolute Gasteiger partial charge is 0.327 e. The lowest BCUT2D eigenvalue weighted by Gasteiger charge is -2.29. The number of pyridine rings is 1. The predicted molar refractivity (Wildman–Crippen MR) is 75.7 cm³/mol. The predicted octanol–water partition coefficient (Wildman–Crippen LogP) is 0.999. The lowest BCUT2D eigenvalue weighted by atomic mass is 10.1. The minimum Gasteiger partial charge on any atom is -0.480 e. The molecule has 0 spiro atoms. The van der Waals surface area contributed by atoms with Crippen molar-refractivity contribution < 1.29 is 14.7 Å². The van der Waals surface area contributed by atoms with E-state index in [9.17, 15) is 19.5 Å². The zero-order valence-electron chi connectivity index (χ0n) is 11.2. The average Bonchev–Trinajstić information content (AvgIpc) is 2.83. The highest BCUT2D eigenvalue weighted by Gasteiger charge is 2.43. The molecule has 0 saturated carbocycles. The first kappa shape index (κ1) is 14.6. The van der Waals surface area contributed by atoms with Gasteiger partial charge in [0.1, 0.15) is 6.04 Å². The van der Waals surface area contributed by atoms with Crippen molar-refractivity contribution >= 4 is 23.6 Å². The van der Waals surface area contributed by atoms with Crippen molar-refractivity contribution in [2.75, 3.05) is 5.75 Å². The number of aliphatic carboxylic acids is 1. The van der Waals surface area contributed by atoms with Gasteiger partial charge in [0.15, 0.2) is 0 Å².